The quantitative estimate of drug-likeness (QED) is 0.730. The highest BCUT2D eigenvalue weighted by molar-refractivity contribution is 5.76. The first kappa shape index (κ1) is 10.7. The van der Waals surface area contributed by atoms with Crippen molar-refractivity contribution in [2.75, 3.05) is 6.61 Å². The molecule has 1 unspecified atom stereocenters. The third-order valence-corrected chi connectivity index (χ3v) is 1.76. The Labute approximate surface area is 82.5 Å². The van der Waals surface area contributed by atoms with Gasteiger partial charge in [0.05, 0.1) is 6.61 Å². The highest BCUT2D eigenvalue weighted by Gasteiger charge is 2.18. The van der Waals surface area contributed by atoms with Crippen molar-refractivity contribution in [2.24, 2.45) is 0 Å². The van der Waals surface area contributed by atoms with Crippen LogP contribution in [0.25, 0.3) is 0 Å². The number of pyridine rings is 1. The number of nitrogens with zero attached hydrogens (tertiary/aromatic N) is 1. The summed E-state index contributed by atoms with van der Waals surface area (Å²) >= 11 is 0. The van der Waals surface area contributed by atoms with Crippen LogP contribution in [0.5, 0.6) is 0 Å². The summed E-state index contributed by atoms with van der Waals surface area (Å²) in [6, 6.07) is 3.39. The molecule has 0 aliphatic rings. The SMILES string of the molecule is CCOC(=O)C(O)c1ccc(C)nc1. The zero-order valence-electron chi connectivity index (χ0n) is 8.23. The number of carbonyl (C=O) groups excluding carboxylic acids is 1. The van der Waals surface area contributed by atoms with Gasteiger partial charge in [0.25, 0.3) is 0 Å². The lowest BCUT2D eigenvalue weighted by Gasteiger charge is -2.09. The lowest BCUT2D eigenvalue weighted by Crippen LogP contribution is -2.15. The Hall–Kier alpha value is -1.42. The van der Waals surface area contributed by atoms with Crippen LogP contribution in [-0.4, -0.2) is 22.7 Å². The molecule has 0 amide bonds. The highest BCUT2D eigenvalue weighted by Crippen LogP contribution is 2.13. The Kier molecular flexibility index (Phi) is 3.59. The van der Waals surface area contributed by atoms with Crippen molar-refractivity contribution in [3.8, 4) is 0 Å². The van der Waals surface area contributed by atoms with E-state index >= 15 is 0 Å². The molecule has 0 saturated carbocycles. The van der Waals surface area contributed by atoms with Gasteiger partial charge in [0.15, 0.2) is 6.10 Å². The van der Waals surface area contributed by atoms with Crippen LogP contribution < -0.4 is 0 Å². The van der Waals surface area contributed by atoms with E-state index in [0.717, 1.165) is 5.69 Å². The zero-order valence-corrected chi connectivity index (χ0v) is 8.23. The maximum Gasteiger partial charge on any atom is 0.339 e. The summed E-state index contributed by atoms with van der Waals surface area (Å²) in [6.45, 7) is 3.79. The Morgan fingerprint density at radius 3 is 2.86 bits per heavy atom. The third-order valence-electron chi connectivity index (χ3n) is 1.76. The fourth-order valence-corrected chi connectivity index (χ4v) is 0.998. The van der Waals surface area contributed by atoms with Gasteiger partial charge in [-0.3, -0.25) is 4.98 Å². The van der Waals surface area contributed by atoms with Crippen LogP contribution in [0.1, 0.15) is 24.3 Å². The lowest BCUT2D eigenvalue weighted by molar-refractivity contribution is -0.153. The molecule has 4 heteroatoms. The molecule has 1 heterocycles. The smallest absolute Gasteiger partial charge is 0.339 e. The predicted molar refractivity (Wildman–Crippen MR) is 50.6 cm³/mol. The number of ether oxygens (including phenoxy) is 1. The molecule has 1 aromatic rings. The van der Waals surface area contributed by atoms with E-state index < -0.39 is 12.1 Å². The number of aliphatic hydroxyl groups is 1. The Balaban J connectivity index is 2.73. The van der Waals surface area contributed by atoms with Crippen LogP contribution in [0.15, 0.2) is 18.3 Å². The second kappa shape index (κ2) is 4.72. The summed E-state index contributed by atoms with van der Waals surface area (Å²) in [4.78, 5) is 15.1. The molecule has 0 aromatic carbocycles. The molecule has 0 fully saturated rings. The van der Waals surface area contributed by atoms with Crippen molar-refractivity contribution in [1.82, 2.24) is 4.98 Å². The van der Waals surface area contributed by atoms with Gasteiger partial charge in [-0.15, -0.1) is 0 Å². The summed E-state index contributed by atoms with van der Waals surface area (Å²) in [5, 5.41) is 9.50. The first-order valence-corrected chi connectivity index (χ1v) is 4.42. The number of aryl methyl sites for hydroxylation is 1. The molecule has 0 bridgehead atoms. The molecule has 0 radical (unpaired) electrons. The molecule has 76 valence electrons. The van der Waals surface area contributed by atoms with Crippen molar-refractivity contribution in [3.05, 3.63) is 29.6 Å². The average Bonchev–Trinajstić information content (AvgIpc) is 2.18. The Bertz CT molecular complexity index is 308. The minimum atomic E-state index is -1.23. The summed E-state index contributed by atoms with van der Waals surface area (Å²) in [7, 11) is 0. The first-order valence-electron chi connectivity index (χ1n) is 4.42. The van der Waals surface area contributed by atoms with Crippen LogP contribution in [-0.2, 0) is 9.53 Å². The molecule has 0 aliphatic heterocycles. The van der Waals surface area contributed by atoms with E-state index in [1.165, 1.54) is 6.20 Å². The molecular formula is C10H13NO3. The third kappa shape index (κ3) is 2.53. The highest BCUT2D eigenvalue weighted by atomic mass is 16.5. The lowest BCUT2D eigenvalue weighted by atomic mass is 10.1. The van der Waals surface area contributed by atoms with Gasteiger partial charge in [0.1, 0.15) is 0 Å². The van der Waals surface area contributed by atoms with Crippen LogP contribution in [0.4, 0.5) is 0 Å². The summed E-state index contributed by atoms with van der Waals surface area (Å²) in [5.41, 5.74) is 1.29. The van der Waals surface area contributed by atoms with Gasteiger partial charge >= 0.3 is 5.97 Å². The monoisotopic (exact) mass is 195 g/mol. The van der Waals surface area contributed by atoms with Gasteiger partial charge in [-0.1, -0.05) is 6.07 Å². The van der Waals surface area contributed by atoms with Crippen molar-refractivity contribution in [1.29, 1.82) is 0 Å². The fraction of sp³-hybridized carbons (Fsp3) is 0.400. The van der Waals surface area contributed by atoms with E-state index in [4.69, 9.17) is 0 Å². The van der Waals surface area contributed by atoms with E-state index in [1.54, 1.807) is 19.1 Å². The Morgan fingerprint density at radius 1 is 1.64 bits per heavy atom. The average molecular weight is 195 g/mol. The van der Waals surface area contributed by atoms with Gasteiger partial charge in [-0.25, -0.2) is 4.79 Å². The number of aromatic nitrogens is 1. The normalized spacial score (nSPS) is 12.2. The number of hydrogen-bond donors (Lipinski definition) is 1. The zero-order chi connectivity index (χ0) is 10.6. The molecular weight excluding hydrogens is 182 g/mol. The van der Waals surface area contributed by atoms with E-state index in [-0.39, 0.29) is 6.61 Å². The number of esters is 1. The molecule has 1 rings (SSSR count). The molecule has 0 saturated heterocycles. The predicted octanol–water partition coefficient (Wildman–Crippen LogP) is 0.987. The van der Waals surface area contributed by atoms with Crippen LogP contribution in [0, 0.1) is 6.92 Å². The van der Waals surface area contributed by atoms with Crippen molar-refractivity contribution in [3.63, 3.8) is 0 Å². The van der Waals surface area contributed by atoms with Crippen LogP contribution >= 0.6 is 0 Å². The molecule has 14 heavy (non-hydrogen) atoms. The van der Waals surface area contributed by atoms with Crippen molar-refractivity contribution >= 4 is 5.97 Å². The first-order chi connectivity index (χ1) is 6.65. The van der Waals surface area contributed by atoms with E-state index in [9.17, 15) is 9.90 Å². The second-order valence-electron chi connectivity index (χ2n) is 2.89. The molecule has 0 spiro atoms. The summed E-state index contributed by atoms with van der Waals surface area (Å²) in [6.07, 6.45) is 0.236. The summed E-state index contributed by atoms with van der Waals surface area (Å²) < 4.78 is 4.67. The molecule has 0 aliphatic carbocycles. The summed E-state index contributed by atoms with van der Waals surface area (Å²) in [5.74, 6) is -0.641. The minimum Gasteiger partial charge on any atom is -0.464 e. The van der Waals surface area contributed by atoms with Crippen molar-refractivity contribution < 1.29 is 14.6 Å². The van der Waals surface area contributed by atoms with Gasteiger partial charge in [0.2, 0.25) is 0 Å². The standard InChI is InChI=1S/C10H13NO3/c1-3-14-10(13)9(12)8-5-4-7(2)11-6-8/h4-6,9,12H,3H2,1-2H3. The van der Waals surface area contributed by atoms with Crippen LogP contribution in [0.2, 0.25) is 0 Å². The largest absolute Gasteiger partial charge is 0.464 e. The van der Waals surface area contributed by atoms with E-state index in [2.05, 4.69) is 9.72 Å². The molecule has 1 N–H and O–H groups in total. The molecule has 4 nitrogen and oxygen atoms in total. The molecule has 1 aromatic heterocycles. The van der Waals surface area contributed by atoms with E-state index in [0.29, 0.717) is 5.56 Å². The maximum atomic E-state index is 11.1. The van der Waals surface area contributed by atoms with Gasteiger partial charge in [0, 0.05) is 17.5 Å². The topological polar surface area (TPSA) is 59.4 Å². The fourth-order valence-electron chi connectivity index (χ4n) is 0.998. The number of carbonyl (C=O) groups is 1. The number of rotatable bonds is 3. The Morgan fingerprint density at radius 2 is 2.36 bits per heavy atom. The second-order valence-corrected chi connectivity index (χ2v) is 2.89. The van der Waals surface area contributed by atoms with Gasteiger partial charge in [-0.2, -0.15) is 0 Å². The minimum absolute atomic E-state index is 0.259. The van der Waals surface area contributed by atoms with Gasteiger partial charge in [-0.05, 0) is 19.9 Å². The maximum absolute atomic E-state index is 11.1. The van der Waals surface area contributed by atoms with Crippen LogP contribution in [0.3, 0.4) is 0 Å². The number of aliphatic hydroxyl groups excluding tert-OH is 1. The van der Waals surface area contributed by atoms with Gasteiger partial charge < -0.3 is 9.84 Å². The van der Waals surface area contributed by atoms with E-state index in [1.807, 2.05) is 6.92 Å². The number of hydrogen-bond acceptors (Lipinski definition) is 4. The molecule has 1 atom stereocenters. The van der Waals surface area contributed by atoms with Crippen molar-refractivity contribution in [2.45, 2.75) is 20.0 Å².